The molecule has 1 saturated heterocycles. The van der Waals surface area contributed by atoms with Crippen molar-refractivity contribution in [2.75, 3.05) is 30.4 Å². The summed E-state index contributed by atoms with van der Waals surface area (Å²) in [6.45, 7) is 1.93. The standard InChI is InChI=1S/C18H21ClN4O2/c1-25-16-7-6-13(10-14(16)19)22-18(24)15-11-17(21-12-20-15)23-8-4-2-3-5-9-23/h6-7,10-12H,2-5,8-9H2,1H3,(H,22,24). The van der Waals surface area contributed by atoms with Crippen molar-refractivity contribution < 1.29 is 9.53 Å². The molecule has 0 bridgehead atoms. The first-order chi connectivity index (χ1) is 12.2. The van der Waals surface area contributed by atoms with Gasteiger partial charge in [0, 0.05) is 24.8 Å². The van der Waals surface area contributed by atoms with Crippen LogP contribution in [0.25, 0.3) is 0 Å². The Hall–Kier alpha value is -2.34. The molecule has 2 heterocycles. The van der Waals surface area contributed by atoms with Gasteiger partial charge < -0.3 is 15.0 Å². The lowest BCUT2D eigenvalue weighted by Crippen LogP contribution is -2.25. The van der Waals surface area contributed by atoms with E-state index in [0.29, 0.717) is 22.2 Å². The van der Waals surface area contributed by atoms with Crippen LogP contribution < -0.4 is 15.0 Å². The molecule has 0 saturated carbocycles. The van der Waals surface area contributed by atoms with Gasteiger partial charge in [0.1, 0.15) is 23.6 Å². The highest BCUT2D eigenvalue weighted by atomic mass is 35.5. The Morgan fingerprint density at radius 3 is 2.60 bits per heavy atom. The Bertz CT molecular complexity index is 746. The summed E-state index contributed by atoms with van der Waals surface area (Å²) in [6.07, 6.45) is 6.22. The second-order valence-corrected chi connectivity index (χ2v) is 6.37. The highest BCUT2D eigenvalue weighted by Crippen LogP contribution is 2.27. The summed E-state index contributed by atoms with van der Waals surface area (Å²) in [5.41, 5.74) is 0.923. The zero-order chi connectivity index (χ0) is 17.6. The Morgan fingerprint density at radius 2 is 1.92 bits per heavy atom. The molecule has 132 valence electrons. The van der Waals surface area contributed by atoms with E-state index in [4.69, 9.17) is 16.3 Å². The van der Waals surface area contributed by atoms with E-state index < -0.39 is 0 Å². The van der Waals surface area contributed by atoms with E-state index in [1.807, 2.05) is 0 Å². The van der Waals surface area contributed by atoms with Gasteiger partial charge in [-0.25, -0.2) is 9.97 Å². The fraction of sp³-hybridized carbons (Fsp3) is 0.389. The predicted octanol–water partition coefficient (Wildman–Crippen LogP) is 3.77. The first-order valence-corrected chi connectivity index (χ1v) is 8.77. The molecule has 3 rings (SSSR count). The van der Waals surface area contributed by atoms with Gasteiger partial charge in [0.05, 0.1) is 12.1 Å². The highest BCUT2D eigenvalue weighted by molar-refractivity contribution is 6.32. The molecule has 0 atom stereocenters. The van der Waals surface area contributed by atoms with E-state index in [-0.39, 0.29) is 5.91 Å². The van der Waals surface area contributed by atoms with Crippen molar-refractivity contribution in [3.05, 3.63) is 41.3 Å². The highest BCUT2D eigenvalue weighted by Gasteiger charge is 2.15. The minimum atomic E-state index is -0.292. The van der Waals surface area contributed by atoms with Crippen molar-refractivity contribution in [3.63, 3.8) is 0 Å². The lowest BCUT2D eigenvalue weighted by Gasteiger charge is -2.21. The van der Waals surface area contributed by atoms with Crippen LogP contribution >= 0.6 is 11.6 Å². The molecule has 1 aliphatic rings. The van der Waals surface area contributed by atoms with Gasteiger partial charge in [0.2, 0.25) is 0 Å². The number of aromatic nitrogens is 2. The largest absolute Gasteiger partial charge is 0.495 e. The van der Waals surface area contributed by atoms with Crippen LogP contribution in [0.2, 0.25) is 5.02 Å². The van der Waals surface area contributed by atoms with Crippen molar-refractivity contribution in [2.45, 2.75) is 25.7 Å². The number of benzene rings is 1. The summed E-state index contributed by atoms with van der Waals surface area (Å²) in [5, 5.41) is 3.24. The van der Waals surface area contributed by atoms with E-state index in [1.54, 1.807) is 31.4 Å². The van der Waals surface area contributed by atoms with Gasteiger partial charge in [-0.05, 0) is 31.0 Å². The number of rotatable bonds is 4. The average Bonchev–Trinajstić information content (AvgIpc) is 2.91. The number of ether oxygens (including phenoxy) is 1. The van der Waals surface area contributed by atoms with Gasteiger partial charge in [0.25, 0.3) is 5.91 Å². The predicted molar refractivity (Wildman–Crippen MR) is 98.7 cm³/mol. The third-order valence-corrected chi connectivity index (χ3v) is 4.52. The van der Waals surface area contributed by atoms with Crippen LogP contribution in [0.1, 0.15) is 36.2 Å². The number of halogens is 1. The number of hydrogen-bond donors (Lipinski definition) is 1. The maximum absolute atomic E-state index is 12.5. The summed E-state index contributed by atoms with van der Waals surface area (Å²) in [7, 11) is 1.55. The second-order valence-electron chi connectivity index (χ2n) is 5.97. The fourth-order valence-electron chi connectivity index (χ4n) is 2.88. The van der Waals surface area contributed by atoms with Crippen LogP contribution in [0.5, 0.6) is 5.75 Å². The topological polar surface area (TPSA) is 67.3 Å². The van der Waals surface area contributed by atoms with Crippen LogP contribution in [0.3, 0.4) is 0 Å². The third-order valence-electron chi connectivity index (χ3n) is 4.23. The van der Waals surface area contributed by atoms with E-state index in [1.165, 1.54) is 19.2 Å². The number of nitrogens with zero attached hydrogens (tertiary/aromatic N) is 3. The van der Waals surface area contributed by atoms with E-state index in [2.05, 4.69) is 20.2 Å². The third kappa shape index (κ3) is 4.39. The Labute approximate surface area is 152 Å². The maximum Gasteiger partial charge on any atom is 0.274 e. The number of carbonyl (C=O) groups is 1. The van der Waals surface area contributed by atoms with Crippen molar-refractivity contribution in [1.82, 2.24) is 9.97 Å². The molecule has 1 N–H and O–H groups in total. The van der Waals surface area contributed by atoms with Crippen molar-refractivity contribution in [1.29, 1.82) is 0 Å². The molecule has 1 amide bonds. The maximum atomic E-state index is 12.5. The summed E-state index contributed by atoms with van der Waals surface area (Å²) >= 11 is 6.09. The molecule has 6 nitrogen and oxygen atoms in total. The Balaban J connectivity index is 1.73. The minimum Gasteiger partial charge on any atom is -0.495 e. The molecule has 0 unspecified atom stereocenters. The van der Waals surface area contributed by atoms with Crippen LogP contribution in [0.4, 0.5) is 11.5 Å². The number of hydrogen-bond acceptors (Lipinski definition) is 5. The average molecular weight is 361 g/mol. The summed E-state index contributed by atoms with van der Waals surface area (Å²) in [6, 6.07) is 6.83. The van der Waals surface area contributed by atoms with Crippen LogP contribution in [0, 0.1) is 0 Å². The van der Waals surface area contributed by atoms with Crippen molar-refractivity contribution >= 4 is 29.0 Å². The van der Waals surface area contributed by atoms with E-state index in [9.17, 15) is 4.79 Å². The fourth-order valence-corrected chi connectivity index (χ4v) is 3.14. The van der Waals surface area contributed by atoms with Gasteiger partial charge in [0.15, 0.2) is 0 Å². The zero-order valence-electron chi connectivity index (χ0n) is 14.2. The molecule has 25 heavy (non-hydrogen) atoms. The number of methoxy groups -OCH3 is 1. The number of nitrogens with one attached hydrogen (secondary N) is 1. The van der Waals surface area contributed by atoms with Crippen LogP contribution in [0.15, 0.2) is 30.6 Å². The van der Waals surface area contributed by atoms with Crippen LogP contribution in [-0.2, 0) is 0 Å². The molecule has 0 aliphatic carbocycles. The number of anilines is 2. The quantitative estimate of drug-likeness (QED) is 0.898. The summed E-state index contributed by atoms with van der Waals surface area (Å²) < 4.78 is 5.11. The van der Waals surface area contributed by atoms with Crippen molar-refractivity contribution in [2.24, 2.45) is 0 Å². The molecule has 7 heteroatoms. The molecule has 1 aromatic heterocycles. The molecular weight excluding hydrogens is 340 g/mol. The Morgan fingerprint density at radius 1 is 1.16 bits per heavy atom. The first kappa shape index (κ1) is 17.5. The molecule has 0 radical (unpaired) electrons. The number of amides is 1. The first-order valence-electron chi connectivity index (χ1n) is 8.39. The lowest BCUT2D eigenvalue weighted by atomic mass is 10.2. The molecule has 1 aromatic carbocycles. The van der Waals surface area contributed by atoms with Gasteiger partial charge in [-0.3, -0.25) is 4.79 Å². The normalized spacial score (nSPS) is 14.7. The van der Waals surface area contributed by atoms with Gasteiger partial charge in [-0.15, -0.1) is 0 Å². The van der Waals surface area contributed by atoms with E-state index in [0.717, 1.165) is 31.7 Å². The summed E-state index contributed by atoms with van der Waals surface area (Å²) in [4.78, 5) is 23.1. The van der Waals surface area contributed by atoms with Gasteiger partial charge in [-0.2, -0.15) is 0 Å². The van der Waals surface area contributed by atoms with E-state index >= 15 is 0 Å². The molecule has 2 aromatic rings. The lowest BCUT2D eigenvalue weighted by molar-refractivity contribution is 0.102. The minimum absolute atomic E-state index is 0.292. The molecule has 1 fully saturated rings. The molecule has 0 spiro atoms. The smallest absolute Gasteiger partial charge is 0.274 e. The van der Waals surface area contributed by atoms with Gasteiger partial charge >= 0.3 is 0 Å². The molecular formula is C18H21ClN4O2. The zero-order valence-corrected chi connectivity index (χ0v) is 14.9. The molecule has 1 aliphatic heterocycles. The number of carbonyl (C=O) groups excluding carboxylic acids is 1. The Kier molecular flexibility index (Phi) is 5.71. The second kappa shape index (κ2) is 8.16. The monoisotopic (exact) mass is 360 g/mol. The SMILES string of the molecule is COc1ccc(NC(=O)c2cc(N3CCCCCC3)ncn2)cc1Cl. The van der Waals surface area contributed by atoms with Gasteiger partial charge in [-0.1, -0.05) is 24.4 Å². The van der Waals surface area contributed by atoms with Crippen molar-refractivity contribution in [3.8, 4) is 5.75 Å². The van der Waals surface area contributed by atoms with Crippen LogP contribution in [-0.4, -0.2) is 36.1 Å². The summed E-state index contributed by atoms with van der Waals surface area (Å²) in [5.74, 6) is 1.07.